The summed E-state index contributed by atoms with van der Waals surface area (Å²) in [6, 6.07) is 3.88. The molecule has 0 N–H and O–H groups in total. The van der Waals surface area contributed by atoms with Crippen LogP contribution >= 0.6 is 31.9 Å². The summed E-state index contributed by atoms with van der Waals surface area (Å²) in [7, 11) is 5.02. The summed E-state index contributed by atoms with van der Waals surface area (Å²) in [5, 5.41) is 0. The maximum absolute atomic E-state index is 12.7. The van der Waals surface area contributed by atoms with Gasteiger partial charge in [-0.3, -0.25) is 9.69 Å². The fourth-order valence-electron chi connectivity index (χ4n) is 3.45. The lowest BCUT2D eigenvalue weighted by Gasteiger charge is -2.39. The summed E-state index contributed by atoms with van der Waals surface area (Å²) in [6.45, 7) is 4.84. The van der Waals surface area contributed by atoms with Gasteiger partial charge in [0, 0.05) is 10.4 Å². The van der Waals surface area contributed by atoms with E-state index in [4.69, 9.17) is 9.47 Å². The zero-order chi connectivity index (χ0) is 17.2. The first-order chi connectivity index (χ1) is 10.9. The minimum absolute atomic E-state index is 0.209. The van der Waals surface area contributed by atoms with Gasteiger partial charge in [-0.15, -0.1) is 6.58 Å². The van der Waals surface area contributed by atoms with Crippen molar-refractivity contribution in [2.24, 2.45) is 0 Å². The zero-order valence-electron chi connectivity index (χ0n) is 13.6. The van der Waals surface area contributed by atoms with E-state index in [1.807, 2.05) is 25.3 Å². The van der Waals surface area contributed by atoms with E-state index in [9.17, 15) is 4.79 Å². The molecule has 1 saturated heterocycles. The smallest absolute Gasteiger partial charge is 0.327 e. The highest BCUT2D eigenvalue weighted by molar-refractivity contribution is 9.11. The number of rotatable bonds is 5. The second-order valence-corrected chi connectivity index (χ2v) is 7.37. The first-order valence-electron chi connectivity index (χ1n) is 7.37. The van der Waals surface area contributed by atoms with Gasteiger partial charge < -0.3 is 9.47 Å². The van der Waals surface area contributed by atoms with Crippen LogP contribution in [0.15, 0.2) is 33.7 Å². The standard InChI is InChI=1S/C17H21Br2NO3/c1-5-12(11-9-15(22-3)14(19)10-13(11)18)17(16(21)23-4)7-6-8-20(17)2/h5,9-10,12H,1,6-8H2,2-4H3/t12-,17-/m1/s1. The van der Waals surface area contributed by atoms with Crippen molar-refractivity contribution in [3.05, 3.63) is 39.3 Å². The van der Waals surface area contributed by atoms with Crippen molar-refractivity contribution in [1.82, 2.24) is 4.90 Å². The highest BCUT2D eigenvalue weighted by Crippen LogP contribution is 2.46. The molecule has 0 spiro atoms. The second-order valence-electron chi connectivity index (χ2n) is 5.66. The number of ether oxygens (including phenoxy) is 2. The van der Waals surface area contributed by atoms with Gasteiger partial charge in [0.15, 0.2) is 0 Å². The number of nitrogens with zero attached hydrogens (tertiary/aromatic N) is 1. The second kappa shape index (κ2) is 7.36. The Morgan fingerprint density at radius 3 is 2.57 bits per heavy atom. The molecule has 0 bridgehead atoms. The van der Waals surface area contributed by atoms with Crippen molar-refractivity contribution in [2.45, 2.75) is 24.3 Å². The van der Waals surface area contributed by atoms with Crippen LogP contribution in [0.3, 0.4) is 0 Å². The molecule has 0 amide bonds. The predicted molar refractivity (Wildman–Crippen MR) is 97.9 cm³/mol. The summed E-state index contributed by atoms with van der Waals surface area (Å²) in [6.07, 6.45) is 3.51. The van der Waals surface area contributed by atoms with Crippen LogP contribution in [0.25, 0.3) is 0 Å². The SMILES string of the molecule is C=C[C@H](c1cc(OC)c(Br)cc1Br)[C@@]1(C(=O)OC)CCCN1C. The van der Waals surface area contributed by atoms with Crippen LogP contribution < -0.4 is 4.74 Å². The quantitative estimate of drug-likeness (QED) is 0.503. The van der Waals surface area contributed by atoms with Crippen LogP contribution in [0.4, 0.5) is 0 Å². The van der Waals surface area contributed by atoms with E-state index in [1.54, 1.807) is 7.11 Å². The number of carbonyl (C=O) groups excluding carboxylic acids is 1. The molecule has 1 fully saturated rings. The van der Waals surface area contributed by atoms with Gasteiger partial charge in [0.05, 0.1) is 18.7 Å². The Balaban J connectivity index is 2.62. The summed E-state index contributed by atoms with van der Waals surface area (Å²) in [5.41, 5.74) is 0.219. The van der Waals surface area contributed by atoms with Crippen molar-refractivity contribution in [3.63, 3.8) is 0 Å². The molecule has 23 heavy (non-hydrogen) atoms. The highest BCUT2D eigenvalue weighted by Gasteiger charge is 2.52. The molecule has 1 aliphatic heterocycles. The largest absolute Gasteiger partial charge is 0.496 e. The Bertz CT molecular complexity index is 620. The molecule has 126 valence electrons. The number of likely N-dealkylation sites (tertiary alicyclic amines) is 1. The molecular formula is C17H21Br2NO3. The third-order valence-corrected chi connectivity index (χ3v) is 5.93. The molecule has 2 rings (SSSR count). The number of halogens is 2. The van der Waals surface area contributed by atoms with Gasteiger partial charge in [-0.1, -0.05) is 22.0 Å². The van der Waals surface area contributed by atoms with E-state index in [0.717, 1.165) is 39.6 Å². The third kappa shape index (κ3) is 3.08. The Labute approximate surface area is 154 Å². The molecule has 4 nitrogen and oxygen atoms in total. The first kappa shape index (κ1) is 18.5. The number of methoxy groups -OCH3 is 2. The summed E-state index contributed by atoms with van der Waals surface area (Å²) < 4.78 is 12.3. The molecule has 1 heterocycles. The zero-order valence-corrected chi connectivity index (χ0v) is 16.7. The average Bonchev–Trinajstić information content (AvgIpc) is 2.91. The number of esters is 1. The monoisotopic (exact) mass is 445 g/mol. The third-order valence-electron chi connectivity index (χ3n) is 4.63. The molecule has 1 aromatic rings. The molecular weight excluding hydrogens is 426 g/mol. The molecule has 0 unspecified atom stereocenters. The number of benzene rings is 1. The lowest BCUT2D eigenvalue weighted by atomic mass is 9.77. The molecule has 2 atom stereocenters. The number of carbonyl (C=O) groups is 1. The lowest BCUT2D eigenvalue weighted by Crippen LogP contribution is -2.53. The maximum Gasteiger partial charge on any atom is 0.327 e. The lowest BCUT2D eigenvalue weighted by molar-refractivity contribution is -0.153. The van der Waals surface area contributed by atoms with Crippen LogP contribution in [0.1, 0.15) is 24.3 Å². The Hall–Kier alpha value is -0.850. The van der Waals surface area contributed by atoms with E-state index in [1.165, 1.54) is 7.11 Å². The molecule has 0 aliphatic carbocycles. The van der Waals surface area contributed by atoms with Gasteiger partial charge in [0.2, 0.25) is 0 Å². The van der Waals surface area contributed by atoms with Crippen LogP contribution in [0, 0.1) is 0 Å². The molecule has 0 saturated carbocycles. The summed E-state index contributed by atoms with van der Waals surface area (Å²) >= 11 is 7.09. The van der Waals surface area contributed by atoms with Gasteiger partial charge in [-0.2, -0.15) is 0 Å². The number of hydrogen-bond donors (Lipinski definition) is 0. The topological polar surface area (TPSA) is 38.8 Å². The van der Waals surface area contributed by atoms with Crippen LogP contribution in [-0.4, -0.2) is 44.2 Å². The van der Waals surface area contributed by atoms with Crippen molar-refractivity contribution in [2.75, 3.05) is 27.8 Å². The van der Waals surface area contributed by atoms with Gasteiger partial charge in [0.1, 0.15) is 11.3 Å². The van der Waals surface area contributed by atoms with Crippen molar-refractivity contribution in [3.8, 4) is 5.75 Å². The number of hydrogen-bond acceptors (Lipinski definition) is 4. The normalized spacial score (nSPS) is 22.7. The van der Waals surface area contributed by atoms with E-state index >= 15 is 0 Å². The van der Waals surface area contributed by atoms with Crippen LogP contribution in [0.2, 0.25) is 0 Å². The molecule has 0 radical (unpaired) electrons. The minimum Gasteiger partial charge on any atom is -0.496 e. The van der Waals surface area contributed by atoms with Crippen LogP contribution in [0.5, 0.6) is 5.75 Å². The van der Waals surface area contributed by atoms with E-state index in [-0.39, 0.29) is 11.9 Å². The van der Waals surface area contributed by atoms with E-state index < -0.39 is 5.54 Å². The van der Waals surface area contributed by atoms with Crippen molar-refractivity contribution >= 4 is 37.8 Å². The first-order valence-corrected chi connectivity index (χ1v) is 8.96. The predicted octanol–water partition coefficient (Wildman–Crippen LogP) is 4.13. The van der Waals surface area contributed by atoms with Crippen molar-refractivity contribution in [1.29, 1.82) is 0 Å². The fourth-order valence-corrected chi connectivity index (χ4v) is 4.85. The van der Waals surface area contributed by atoms with Gasteiger partial charge >= 0.3 is 5.97 Å². The van der Waals surface area contributed by atoms with Gasteiger partial charge in [-0.05, 0) is 60.1 Å². The minimum atomic E-state index is -0.738. The maximum atomic E-state index is 12.7. The van der Waals surface area contributed by atoms with Gasteiger partial charge in [-0.25, -0.2) is 0 Å². The molecule has 0 aromatic heterocycles. The number of likely N-dealkylation sites (N-methyl/N-ethyl adjacent to an activating group) is 1. The average molecular weight is 447 g/mol. The molecule has 6 heteroatoms. The van der Waals surface area contributed by atoms with Crippen LogP contribution in [-0.2, 0) is 9.53 Å². The molecule has 1 aromatic carbocycles. The summed E-state index contributed by atoms with van der Waals surface area (Å²) in [5.74, 6) is 0.283. The molecule has 1 aliphatic rings. The summed E-state index contributed by atoms with van der Waals surface area (Å²) in [4.78, 5) is 14.8. The van der Waals surface area contributed by atoms with Gasteiger partial charge in [0.25, 0.3) is 0 Å². The fraction of sp³-hybridized carbons (Fsp3) is 0.471. The Kier molecular flexibility index (Phi) is 5.92. The van der Waals surface area contributed by atoms with E-state index in [0.29, 0.717) is 0 Å². The Morgan fingerprint density at radius 2 is 2.09 bits per heavy atom. The highest BCUT2D eigenvalue weighted by atomic mass is 79.9. The Morgan fingerprint density at radius 1 is 1.39 bits per heavy atom. The van der Waals surface area contributed by atoms with E-state index in [2.05, 4.69) is 43.3 Å². The van der Waals surface area contributed by atoms with Crippen molar-refractivity contribution < 1.29 is 14.3 Å².